The second-order valence-electron chi connectivity index (χ2n) is 5.31. The Balaban J connectivity index is 1.55. The Labute approximate surface area is 164 Å². The third-order valence-corrected chi connectivity index (χ3v) is 5.41. The van der Waals surface area contributed by atoms with Gasteiger partial charge in [0.2, 0.25) is 5.91 Å². The van der Waals surface area contributed by atoms with Crippen LogP contribution in [0.5, 0.6) is 0 Å². The predicted molar refractivity (Wildman–Crippen MR) is 110 cm³/mol. The van der Waals surface area contributed by atoms with Gasteiger partial charge in [-0.2, -0.15) is 0 Å². The number of hydrogen-bond donors (Lipinski definition) is 2. The van der Waals surface area contributed by atoms with Gasteiger partial charge >= 0.3 is 0 Å². The van der Waals surface area contributed by atoms with Gasteiger partial charge in [-0.05, 0) is 47.8 Å². The van der Waals surface area contributed by atoms with Crippen LogP contribution in [0.3, 0.4) is 0 Å². The fourth-order valence-electron chi connectivity index (χ4n) is 2.18. The summed E-state index contributed by atoms with van der Waals surface area (Å²) in [4.78, 5) is 25.7. The van der Waals surface area contributed by atoms with Gasteiger partial charge in [0.25, 0.3) is 5.91 Å². The molecular formula is C19H15ClN2O2S2. The molecular weight excluding hydrogens is 388 g/mol. The van der Waals surface area contributed by atoms with Gasteiger partial charge in [0, 0.05) is 21.3 Å². The third kappa shape index (κ3) is 5.36. The molecule has 2 amide bonds. The highest BCUT2D eigenvalue weighted by Gasteiger charge is 2.08. The van der Waals surface area contributed by atoms with Crippen molar-refractivity contribution in [3.63, 3.8) is 0 Å². The number of rotatable bonds is 6. The van der Waals surface area contributed by atoms with E-state index in [0.29, 0.717) is 21.3 Å². The molecule has 132 valence electrons. The molecule has 0 fully saturated rings. The van der Waals surface area contributed by atoms with Crippen LogP contribution in [0.1, 0.15) is 9.67 Å². The quantitative estimate of drug-likeness (QED) is 0.544. The second-order valence-corrected chi connectivity index (χ2v) is 7.74. The van der Waals surface area contributed by atoms with E-state index in [9.17, 15) is 9.59 Å². The van der Waals surface area contributed by atoms with Crippen molar-refractivity contribution in [2.75, 3.05) is 16.4 Å². The highest BCUT2D eigenvalue weighted by atomic mass is 35.5. The number of halogens is 1. The van der Waals surface area contributed by atoms with Crippen LogP contribution in [0.4, 0.5) is 11.4 Å². The maximum atomic E-state index is 12.1. The molecule has 0 aliphatic carbocycles. The number of amides is 2. The van der Waals surface area contributed by atoms with Gasteiger partial charge in [0.05, 0.1) is 10.6 Å². The topological polar surface area (TPSA) is 58.2 Å². The molecule has 1 heterocycles. The number of anilines is 2. The van der Waals surface area contributed by atoms with Crippen LogP contribution < -0.4 is 10.6 Å². The molecule has 1 aromatic heterocycles. The molecule has 0 unspecified atom stereocenters. The van der Waals surface area contributed by atoms with Crippen LogP contribution >= 0.6 is 34.7 Å². The number of carbonyl (C=O) groups is 2. The molecule has 0 radical (unpaired) electrons. The van der Waals surface area contributed by atoms with Crippen molar-refractivity contribution >= 4 is 57.9 Å². The van der Waals surface area contributed by atoms with Crippen molar-refractivity contribution in [1.82, 2.24) is 0 Å². The second kappa shape index (κ2) is 8.89. The highest BCUT2D eigenvalue weighted by Crippen LogP contribution is 2.23. The average molecular weight is 403 g/mol. The van der Waals surface area contributed by atoms with Gasteiger partial charge < -0.3 is 10.6 Å². The van der Waals surface area contributed by atoms with E-state index in [1.54, 1.807) is 30.3 Å². The largest absolute Gasteiger partial charge is 0.325 e. The molecule has 3 rings (SSSR count). The minimum atomic E-state index is -0.138. The number of benzene rings is 2. The summed E-state index contributed by atoms with van der Waals surface area (Å²) in [5.74, 6) is 0.000564. The Hall–Kier alpha value is -2.28. The van der Waals surface area contributed by atoms with E-state index >= 15 is 0 Å². The summed E-state index contributed by atoms with van der Waals surface area (Å²) in [6, 6.07) is 18.1. The van der Waals surface area contributed by atoms with Crippen LogP contribution in [0.25, 0.3) is 0 Å². The third-order valence-electron chi connectivity index (χ3n) is 3.32. The number of hydrogen-bond acceptors (Lipinski definition) is 4. The minimum absolute atomic E-state index is 0.120. The van der Waals surface area contributed by atoms with Crippen molar-refractivity contribution in [2.24, 2.45) is 0 Å². The zero-order valence-electron chi connectivity index (χ0n) is 13.6. The zero-order valence-corrected chi connectivity index (χ0v) is 16.0. The van der Waals surface area contributed by atoms with Gasteiger partial charge in [-0.15, -0.1) is 23.1 Å². The Kier molecular flexibility index (Phi) is 6.33. The maximum absolute atomic E-state index is 12.1. The van der Waals surface area contributed by atoms with Gasteiger partial charge in [-0.25, -0.2) is 0 Å². The van der Waals surface area contributed by atoms with Gasteiger partial charge in [-0.1, -0.05) is 29.8 Å². The summed E-state index contributed by atoms with van der Waals surface area (Å²) in [6.45, 7) is 0. The van der Waals surface area contributed by atoms with Gasteiger partial charge in [0.15, 0.2) is 0 Å². The van der Waals surface area contributed by atoms with Crippen molar-refractivity contribution in [3.05, 3.63) is 75.9 Å². The average Bonchev–Trinajstić information content (AvgIpc) is 3.15. The lowest BCUT2D eigenvalue weighted by Crippen LogP contribution is -2.14. The zero-order chi connectivity index (χ0) is 18.4. The molecule has 7 heteroatoms. The summed E-state index contributed by atoms with van der Waals surface area (Å²) >= 11 is 8.69. The summed E-state index contributed by atoms with van der Waals surface area (Å²) in [5, 5.41) is 8.10. The molecule has 0 aliphatic heterocycles. The molecule has 4 nitrogen and oxygen atoms in total. The van der Waals surface area contributed by atoms with Crippen LogP contribution in [0.15, 0.2) is 70.9 Å². The monoisotopic (exact) mass is 402 g/mol. The number of thioether (sulfide) groups is 1. The summed E-state index contributed by atoms with van der Waals surface area (Å²) in [7, 11) is 0. The lowest BCUT2D eigenvalue weighted by atomic mass is 10.3. The normalized spacial score (nSPS) is 10.3. The summed E-state index contributed by atoms with van der Waals surface area (Å²) < 4.78 is 0. The van der Waals surface area contributed by atoms with E-state index in [2.05, 4.69) is 10.6 Å². The Morgan fingerprint density at radius 2 is 1.73 bits per heavy atom. The van der Waals surface area contributed by atoms with Crippen molar-refractivity contribution in [1.29, 1.82) is 0 Å². The van der Waals surface area contributed by atoms with Crippen molar-refractivity contribution < 1.29 is 9.59 Å². The Morgan fingerprint density at radius 3 is 2.46 bits per heavy atom. The maximum Gasteiger partial charge on any atom is 0.265 e. The molecule has 2 N–H and O–H groups in total. The number of carbonyl (C=O) groups excluding carboxylic acids is 2. The van der Waals surface area contributed by atoms with E-state index in [4.69, 9.17) is 11.6 Å². The first-order valence-corrected chi connectivity index (χ1v) is 9.97. The fraction of sp³-hybridized carbons (Fsp3) is 0.0526. The standard InChI is InChI=1S/C19H15ClN2O2S2/c20-13-4-1-5-14(10-13)21-18(23)12-26-16-7-2-6-15(11-16)22-19(24)17-8-3-9-25-17/h1-11H,12H2,(H,21,23)(H,22,24). The van der Waals surface area contributed by atoms with E-state index < -0.39 is 0 Å². The van der Waals surface area contributed by atoms with E-state index in [1.807, 2.05) is 35.7 Å². The summed E-state index contributed by atoms with van der Waals surface area (Å²) in [5.41, 5.74) is 1.36. The van der Waals surface area contributed by atoms with Crippen LogP contribution in [-0.2, 0) is 4.79 Å². The molecule has 0 bridgehead atoms. The number of nitrogens with one attached hydrogen (secondary N) is 2. The van der Waals surface area contributed by atoms with Crippen LogP contribution in [0, 0.1) is 0 Å². The van der Waals surface area contributed by atoms with E-state index in [-0.39, 0.29) is 17.6 Å². The van der Waals surface area contributed by atoms with Crippen LogP contribution in [-0.4, -0.2) is 17.6 Å². The molecule has 3 aromatic rings. The summed E-state index contributed by atoms with van der Waals surface area (Å²) in [6.07, 6.45) is 0. The van der Waals surface area contributed by atoms with Crippen molar-refractivity contribution in [3.8, 4) is 0 Å². The molecule has 0 saturated carbocycles. The highest BCUT2D eigenvalue weighted by molar-refractivity contribution is 8.00. The van der Waals surface area contributed by atoms with Crippen molar-refractivity contribution in [2.45, 2.75) is 4.90 Å². The lowest BCUT2D eigenvalue weighted by molar-refractivity contribution is -0.113. The molecule has 2 aromatic carbocycles. The first-order chi connectivity index (χ1) is 12.6. The lowest BCUT2D eigenvalue weighted by Gasteiger charge is -2.08. The predicted octanol–water partition coefficient (Wildman–Crippen LogP) is 5.38. The SMILES string of the molecule is O=C(CSc1cccc(NC(=O)c2cccs2)c1)Nc1cccc(Cl)c1. The first kappa shape index (κ1) is 18.5. The smallest absolute Gasteiger partial charge is 0.265 e. The molecule has 0 spiro atoms. The Bertz CT molecular complexity index is 913. The van der Waals surface area contributed by atoms with Crippen LogP contribution in [0.2, 0.25) is 5.02 Å². The molecule has 26 heavy (non-hydrogen) atoms. The van der Waals surface area contributed by atoms with Gasteiger partial charge in [0.1, 0.15) is 0 Å². The van der Waals surface area contributed by atoms with Gasteiger partial charge in [-0.3, -0.25) is 9.59 Å². The molecule has 0 aliphatic rings. The molecule has 0 atom stereocenters. The minimum Gasteiger partial charge on any atom is -0.325 e. The Morgan fingerprint density at radius 1 is 0.962 bits per heavy atom. The van der Waals surface area contributed by atoms with E-state index in [0.717, 1.165) is 4.90 Å². The number of thiophene rings is 1. The van der Waals surface area contributed by atoms with E-state index in [1.165, 1.54) is 23.1 Å². The molecule has 0 saturated heterocycles. The fourth-order valence-corrected chi connectivity index (χ4v) is 3.74. The first-order valence-electron chi connectivity index (χ1n) is 7.73.